The van der Waals surface area contributed by atoms with Crippen molar-refractivity contribution < 1.29 is 4.42 Å². The fourth-order valence-electron chi connectivity index (χ4n) is 9.59. The molecule has 12 rings (SSSR count). The fourth-order valence-corrected chi connectivity index (χ4v) is 9.59. The number of nitrogens with zero attached hydrogens (tertiary/aromatic N) is 3. The summed E-state index contributed by atoms with van der Waals surface area (Å²) >= 11 is 0. The first-order chi connectivity index (χ1) is 31.3. The summed E-state index contributed by atoms with van der Waals surface area (Å²) in [6.07, 6.45) is 8.52. The molecule has 0 N–H and O–H groups in total. The average Bonchev–Trinajstić information content (AvgIpc) is 3.77. The van der Waals surface area contributed by atoms with Gasteiger partial charge in [-0.3, -0.25) is 0 Å². The predicted molar refractivity (Wildman–Crippen MR) is 258 cm³/mol. The minimum absolute atomic E-state index is 0.592. The topological polar surface area (TPSA) is 43.9 Å². The molecule has 7 aromatic carbocycles. The number of aromatic nitrogens is 3. The van der Waals surface area contributed by atoms with Crippen molar-refractivity contribution in [3.8, 4) is 85.0 Å². The Balaban J connectivity index is 1.15. The first-order valence-electron chi connectivity index (χ1n) is 21.6. The third-order valence-electron chi connectivity index (χ3n) is 12.5. The summed E-state index contributed by atoms with van der Waals surface area (Å²) < 4.78 is 9.67. The monoisotopic (exact) mass is 805 g/mol. The average molecular weight is 806 g/mol. The van der Waals surface area contributed by atoms with Crippen molar-refractivity contribution in [3.05, 3.63) is 217 Å². The Kier molecular flexibility index (Phi) is 8.90. The van der Waals surface area contributed by atoms with Gasteiger partial charge in [-0.2, -0.15) is 0 Å². The van der Waals surface area contributed by atoms with Crippen molar-refractivity contribution in [3.63, 3.8) is 0 Å². The summed E-state index contributed by atoms with van der Waals surface area (Å²) in [5.74, 6) is 8.30. The number of hydrogen-bond acceptors (Lipinski definition) is 3. The van der Waals surface area contributed by atoms with Gasteiger partial charge in [-0.05, 0) is 59.9 Å². The molecule has 0 radical (unpaired) electrons. The highest BCUT2D eigenvalue weighted by Crippen LogP contribution is 2.50. The van der Waals surface area contributed by atoms with Crippen LogP contribution in [-0.4, -0.2) is 14.5 Å². The normalized spacial score (nSPS) is 12.9. The molecular weight excluding hydrogens is 767 g/mol. The van der Waals surface area contributed by atoms with Crippen LogP contribution < -0.4 is 0 Å². The Morgan fingerprint density at radius 2 is 1.13 bits per heavy atom. The lowest BCUT2D eigenvalue weighted by Gasteiger charge is -2.24. The number of para-hydroxylation sites is 2. The molecule has 2 aliphatic rings. The molecule has 3 heterocycles. The van der Waals surface area contributed by atoms with Crippen molar-refractivity contribution in [2.45, 2.75) is 19.3 Å². The minimum atomic E-state index is 0.592. The largest absolute Gasteiger partial charge is 0.455 e. The summed E-state index contributed by atoms with van der Waals surface area (Å²) in [4.78, 5) is 10.7. The van der Waals surface area contributed by atoms with Gasteiger partial charge in [0.2, 0.25) is 0 Å². The fraction of sp³-hybridized carbons (Fsp3) is 0.0508. The van der Waals surface area contributed by atoms with E-state index in [1.165, 1.54) is 22.0 Å². The van der Waals surface area contributed by atoms with E-state index in [4.69, 9.17) is 14.4 Å². The molecule has 0 saturated carbocycles. The van der Waals surface area contributed by atoms with Crippen LogP contribution in [0.4, 0.5) is 0 Å². The summed E-state index contributed by atoms with van der Waals surface area (Å²) in [6.45, 7) is 0. The number of aryl methyl sites for hydroxylation is 1. The Bertz CT molecular complexity index is 3450. The lowest BCUT2D eigenvalue weighted by molar-refractivity contribution is 0.621. The second-order valence-corrected chi connectivity index (χ2v) is 16.2. The van der Waals surface area contributed by atoms with Gasteiger partial charge < -0.3 is 8.98 Å². The van der Waals surface area contributed by atoms with Gasteiger partial charge in [0.25, 0.3) is 0 Å². The summed E-state index contributed by atoms with van der Waals surface area (Å²) in [6, 6.07) is 64.2. The van der Waals surface area contributed by atoms with Gasteiger partial charge in [-0.1, -0.05) is 182 Å². The van der Waals surface area contributed by atoms with Crippen molar-refractivity contribution in [2.75, 3.05) is 0 Å². The molecule has 4 nitrogen and oxygen atoms in total. The molecule has 63 heavy (non-hydrogen) atoms. The van der Waals surface area contributed by atoms with Crippen LogP contribution in [-0.2, 0) is 12.8 Å². The van der Waals surface area contributed by atoms with Gasteiger partial charge in [-0.25, -0.2) is 9.97 Å². The number of hydrogen-bond donors (Lipinski definition) is 0. The van der Waals surface area contributed by atoms with Gasteiger partial charge >= 0.3 is 0 Å². The number of furan rings is 1. The zero-order valence-electron chi connectivity index (χ0n) is 34.4. The summed E-state index contributed by atoms with van der Waals surface area (Å²) in [5, 5.41) is 2.36. The van der Waals surface area contributed by atoms with E-state index in [0.717, 1.165) is 102 Å². The highest BCUT2D eigenvalue weighted by molar-refractivity contribution is 6.06. The Hall–Kier alpha value is -8.26. The maximum Gasteiger partial charge on any atom is 0.160 e. The third kappa shape index (κ3) is 6.33. The van der Waals surface area contributed by atoms with Gasteiger partial charge in [-0.15, -0.1) is 0 Å². The summed E-state index contributed by atoms with van der Waals surface area (Å²) in [7, 11) is 0. The molecular formula is C59H39N3O. The highest BCUT2D eigenvalue weighted by Gasteiger charge is 2.32. The zero-order valence-corrected chi connectivity index (χ0v) is 34.4. The second kappa shape index (κ2) is 15.3. The first-order valence-corrected chi connectivity index (χ1v) is 21.6. The number of fused-ring (bicyclic) bond motifs is 7. The molecule has 0 saturated heterocycles. The van der Waals surface area contributed by atoms with Crippen molar-refractivity contribution >= 4 is 27.4 Å². The maximum absolute atomic E-state index is 7.14. The van der Waals surface area contributed by atoms with Crippen molar-refractivity contribution in [1.82, 2.24) is 14.5 Å². The standard InChI is InChI=1S/C59H39N3O/c1-2-8-23-40(22-7-1)49-36-44(59-60-51(42-26-13-5-14-27-42)38-52(61-59)43-28-15-6-16-29-43)37-50(41-24-11-4-12-25-41)56(49)62-53-33-18-17-30-48(53)55-54(62)35-34-47-46-32-19-31-45(57(46)63-58(47)55)39-20-9-3-10-21-39/h1,3-7,9-22,24-33,36-38H,23,34-35H2. The van der Waals surface area contributed by atoms with Gasteiger partial charge in [0, 0.05) is 67.4 Å². The number of rotatable bonds is 7. The van der Waals surface area contributed by atoms with E-state index in [0.29, 0.717) is 12.2 Å². The lowest BCUT2D eigenvalue weighted by atomic mass is 9.90. The molecule has 0 spiro atoms. The van der Waals surface area contributed by atoms with Crippen LogP contribution in [0.5, 0.6) is 0 Å². The van der Waals surface area contributed by atoms with Crippen LogP contribution in [0.3, 0.4) is 0 Å². The van der Waals surface area contributed by atoms with Gasteiger partial charge in [0.05, 0.1) is 22.6 Å². The van der Waals surface area contributed by atoms with E-state index in [9.17, 15) is 0 Å². The second-order valence-electron chi connectivity index (χ2n) is 16.2. The van der Waals surface area contributed by atoms with Gasteiger partial charge in [0.15, 0.2) is 5.82 Å². The van der Waals surface area contributed by atoms with Crippen LogP contribution in [0.25, 0.3) is 101 Å². The van der Waals surface area contributed by atoms with E-state index in [1.807, 2.05) is 18.2 Å². The minimum Gasteiger partial charge on any atom is -0.455 e. The number of allylic oxidation sites excluding steroid dienone is 4. The van der Waals surface area contributed by atoms with E-state index in [1.54, 1.807) is 0 Å². The van der Waals surface area contributed by atoms with E-state index < -0.39 is 0 Å². The molecule has 0 atom stereocenters. The Morgan fingerprint density at radius 3 is 1.83 bits per heavy atom. The molecule has 0 aliphatic heterocycles. The van der Waals surface area contributed by atoms with Crippen molar-refractivity contribution in [2.24, 2.45) is 0 Å². The van der Waals surface area contributed by atoms with E-state index >= 15 is 0 Å². The summed E-state index contributed by atoms with van der Waals surface area (Å²) in [5.41, 5.74) is 18.3. The van der Waals surface area contributed by atoms with Crippen LogP contribution in [0.15, 0.2) is 205 Å². The Morgan fingerprint density at radius 1 is 0.524 bits per heavy atom. The molecule has 0 unspecified atom stereocenters. The molecule has 0 bridgehead atoms. The third-order valence-corrected chi connectivity index (χ3v) is 12.5. The molecule has 296 valence electrons. The highest BCUT2D eigenvalue weighted by atomic mass is 16.3. The van der Waals surface area contributed by atoms with Crippen LogP contribution in [0.1, 0.15) is 23.2 Å². The Labute approximate surface area is 366 Å². The van der Waals surface area contributed by atoms with E-state index in [-0.39, 0.29) is 0 Å². The molecule has 0 amide bonds. The quantitative estimate of drug-likeness (QED) is 0.151. The van der Waals surface area contributed by atoms with E-state index in [2.05, 4.69) is 198 Å². The molecule has 0 fully saturated rings. The molecule has 10 aromatic rings. The zero-order chi connectivity index (χ0) is 41.7. The predicted octanol–water partition coefficient (Wildman–Crippen LogP) is 14.6. The molecule has 2 aliphatic carbocycles. The van der Waals surface area contributed by atoms with Crippen molar-refractivity contribution in [1.29, 1.82) is 0 Å². The van der Waals surface area contributed by atoms with Gasteiger partial charge in [0.1, 0.15) is 11.3 Å². The molecule has 4 heteroatoms. The lowest BCUT2D eigenvalue weighted by Crippen LogP contribution is -2.11. The smallest absolute Gasteiger partial charge is 0.160 e. The van der Waals surface area contributed by atoms with Crippen LogP contribution >= 0.6 is 0 Å². The molecule has 3 aromatic heterocycles. The first kappa shape index (κ1) is 36.6. The van der Waals surface area contributed by atoms with Crippen LogP contribution in [0, 0.1) is 11.8 Å². The maximum atomic E-state index is 7.14. The SMILES string of the molecule is C1#CCC(c2cc(-c3nc(-c4ccccc4)cc(-c4ccccc4)n3)cc(-c3ccccc3)c2-n2c3c(c4ccccc42)-c2oc4c(-c5ccccc5)cccc4c2CC3)=CC=C1. The van der Waals surface area contributed by atoms with Crippen LogP contribution in [0.2, 0.25) is 0 Å². The number of benzene rings is 7.